The van der Waals surface area contributed by atoms with E-state index >= 15 is 0 Å². The topological polar surface area (TPSA) is 195 Å². The number of aliphatic hydroxyl groups is 2. The van der Waals surface area contributed by atoms with Gasteiger partial charge < -0.3 is 31.5 Å². The molecular weight excluding hydrogens is 370 g/mol. The largest absolute Gasteiger partial charge is 0.480 e. The Morgan fingerprint density at radius 2 is 2.29 bits per heavy atom. The molecule has 0 spiro atoms. The average Bonchev–Trinajstić information content (AvgIpc) is 3.24. The summed E-state index contributed by atoms with van der Waals surface area (Å²) in [5.74, 6) is -2.17. The maximum Gasteiger partial charge on any atom is 0.324 e. The fourth-order valence-electron chi connectivity index (χ4n) is 3.22. The summed E-state index contributed by atoms with van der Waals surface area (Å²) >= 11 is 0. The van der Waals surface area contributed by atoms with E-state index in [2.05, 4.69) is 20.3 Å². The van der Waals surface area contributed by atoms with Crippen LogP contribution in [0.4, 0.5) is 5.82 Å². The number of nitrogens with two attached hydrogens (primary N) is 2. The van der Waals surface area contributed by atoms with Crippen LogP contribution >= 0.6 is 0 Å². The Morgan fingerprint density at radius 1 is 1.54 bits per heavy atom. The lowest BCUT2D eigenvalue weighted by Gasteiger charge is -2.31. The lowest BCUT2D eigenvalue weighted by Crippen LogP contribution is -2.46. The average molecular weight is 393 g/mol. The lowest BCUT2D eigenvalue weighted by atomic mass is 10.0. The number of carbonyl (C=O) groups is 1. The van der Waals surface area contributed by atoms with E-state index in [0.717, 1.165) is 0 Å². The van der Waals surface area contributed by atoms with Crippen molar-refractivity contribution in [2.75, 3.05) is 12.8 Å². The van der Waals surface area contributed by atoms with Crippen LogP contribution in [0.5, 0.6) is 0 Å². The number of aromatic nitrogens is 4. The number of hydrogen-bond acceptors (Lipinski definition) is 10. The lowest BCUT2D eigenvalue weighted by molar-refractivity contribution is -0.151. The summed E-state index contributed by atoms with van der Waals surface area (Å²) < 4.78 is 7.59. The highest BCUT2D eigenvalue weighted by atomic mass is 16.6. The predicted octanol–water partition coefficient (Wildman–Crippen LogP) is -1.89. The summed E-state index contributed by atoms with van der Waals surface area (Å²) in [6, 6.07) is -1.17. The van der Waals surface area contributed by atoms with E-state index in [1.807, 2.05) is 0 Å². The van der Waals surface area contributed by atoms with Gasteiger partial charge in [-0.1, -0.05) is 12.2 Å². The maximum atomic E-state index is 10.7. The molecule has 1 saturated heterocycles. The van der Waals surface area contributed by atoms with Gasteiger partial charge in [0, 0.05) is 6.42 Å². The Labute approximate surface area is 159 Å². The molecule has 12 heteroatoms. The smallest absolute Gasteiger partial charge is 0.324 e. The number of nitrogens with one attached hydrogen (secondary N) is 1. The minimum absolute atomic E-state index is 0.0578. The minimum Gasteiger partial charge on any atom is -0.480 e. The third-order valence-corrected chi connectivity index (χ3v) is 4.72. The van der Waals surface area contributed by atoms with Gasteiger partial charge in [0.15, 0.2) is 11.5 Å². The summed E-state index contributed by atoms with van der Waals surface area (Å²) in [6.07, 6.45) is 2.63. The van der Waals surface area contributed by atoms with Gasteiger partial charge in [-0.3, -0.25) is 14.7 Å². The number of hydrogen-bond donors (Lipinski definition) is 6. The van der Waals surface area contributed by atoms with Crippen LogP contribution in [0.3, 0.4) is 0 Å². The van der Waals surface area contributed by atoms with E-state index in [9.17, 15) is 15.0 Å². The van der Waals surface area contributed by atoms with Crippen LogP contribution < -0.4 is 16.8 Å². The number of ether oxygens (including phenoxy) is 1. The zero-order valence-electron chi connectivity index (χ0n) is 15.1. The number of imidazole rings is 1. The minimum atomic E-state index is -1.21. The van der Waals surface area contributed by atoms with Gasteiger partial charge in [0.25, 0.3) is 0 Å². The summed E-state index contributed by atoms with van der Waals surface area (Å²) in [5, 5.41) is 32.7. The van der Waals surface area contributed by atoms with Gasteiger partial charge in [0.1, 0.15) is 30.3 Å². The Balaban J connectivity index is 1.81. The molecule has 3 rings (SSSR count). The molecule has 28 heavy (non-hydrogen) atoms. The molecule has 0 saturated carbocycles. The molecule has 5 atom stereocenters. The predicted molar refractivity (Wildman–Crippen MR) is 97.6 cm³/mol. The molecule has 2 aromatic heterocycles. The van der Waals surface area contributed by atoms with Crippen LogP contribution in [0.15, 0.2) is 24.8 Å². The number of aliphatic carboxylic acids is 1. The second-order valence-electron chi connectivity index (χ2n) is 6.53. The summed E-state index contributed by atoms with van der Waals surface area (Å²) in [4.78, 5) is 23.0. The zero-order valence-corrected chi connectivity index (χ0v) is 15.1. The highest BCUT2D eigenvalue weighted by Gasteiger charge is 2.49. The molecule has 1 fully saturated rings. The molecule has 1 aliphatic rings. The third kappa shape index (κ3) is 3.55. The van der Waals surface area contributed by atoms with Gasteiger partial charge in [-0.2, -0.15) is 0 Å². The number of fused-ring (bicyclic) bond motifs is 1. The molecule has 0 radical (unpaired) electrons. The highest BCUT2D eigenvalue weighted by Crippen LogP contribution is 2.36. The first-order valence-electron chi connectivity index (χ1n) is 8.61. The van der Waals surface area contributed by atoms with Crippen molar-refractivity contribution in [2.45, 2.75) is 43.0 Å². The van der Waals surface area contributed by atoms with E-state index in [-0.39, 0.29) is 18.7 Å². The Hall–Kier alpha value is -2.64. The number of anilines is 1. The number of carboxylic acid groups (broad SMARTS) is 1. The summed E-state index contributed by atoms with van der Waals surface area (Å²) in [6.45, 7) is 0. The van der Waals surface area contributed by atoms with Crippen molar-refractivity contribution >= 4 is 23.0 Å². The van der Waals surface area contributed by atoms with Crippen LogP contribution in [-0.2, 0) is 15.4 Å². The molecule has 8 N–H and O–H groups in total. The Bertz CT molecular complexity index is 887. The van der Waals surface area contributed by atoms with Crippen molar-refractivity contribution < 1.29 is 24.9 Å². The molecule has 0 bridgehead atoms. The number of carboxylic acids is 1. The second kappa shape index (κ2) is 7.77. The number of rotatable bonds is 7. The van der Waals surface area contributed by atoms with Crippen molar-refractivity contribution in [1.29, 1.82) is 0 Å². The maximum absolute atomic E-state index is 10.7. The molecule has 12 nitrogen and oxygen atoms in total. The first-order valence-corrected chi connectivity index (χ1v) is 8.61. The van der Waals surface area contributed by atoms with Crippen LogP contribution in [0.1, 0.15) is 12.8 Å². The monoisotopic (exact) mass is 393 g/mol. The van der Waals surface area contributed by atoms with Crippen LogP contribution in [-0.4, -0.2) is 72.2 Å². The van der Waals surface area contributed by atoms with Crippen LogP contribution in [0, 0.1) is 0 Å². The molecule has 0 amide bonds. The summed E-state index contributed by atoms with van der Waals surface area (Å²) in [5.41, 5.74) is 12.0. The first-order chi connectivity index (χ1) is 13.3. The number of nitrogens with zero attached hydrogens (tertiary/aromatic N) is 4. The van der Waals surface area contributed by atoms with Gasteiger partial charge >= 0.3 is 5.97 Å². The molecule has 2 unspecified atom stereocenters. The van der Waals surface area contributed by atoms with Gasteiger partial charge in [0.2, 0.25) is 5.85 Å². The normalized spacial score (nSPS) is 27.4. The van der Waals surface area contributed by atoms with Crippen molar-refractivity contribution in [3.8, 4) is 0 Å². The van der Waals surface area contributed by atoms with Gasteiger partial charge in [-0.05, 0) is 13.5 Å². The molecule has 3 heterocycles. The Kier molecular flexibility index (Phi) is 5.58. The van der Waals surface area contributed by atoms with Gasteiger partial charge in [-0.25, -0.2) is 15.0 Å². The van der Waals surface area contributed by atoms with E-state index in [0.29, 0.717) is 11.2 Å². The van der Waals surface area contributed by atoms with Crippen molar-refractivity contribution in [3.05, 3.63) is 24.8 Å². The van der Waals surface area contributed by atoms with Crippen molar-refractivity contribution in [3.63, 3.8) is 0 Å². The standard InChI is InChI=1S/C16H23N7O5/c1-19-16(23-7-22-11-13(18)20-6-21-14(11)23)5-10(25)12(28-16)9(24)4-2-3-8(17)15(26)27/h2-3,6-10,12,19,24-25H,4-5,17H2,1H3,(H,26,27)(H2,18,20,21)/t8?,9?,10-,12+,16-/m0/s1. The first kappa shape index (κ1) is 20.1. The molecule has 2 aromatic rings. The van der Waals surface area contributed by atoms with E-state index in [4.69, 9.17) is 21.3 Å². The summed E-state index contributed by atoms with van der Waals surface area (Å²) in [7, 11) is 1.64. The van der Waals surface area contributed by atoms with Gasteiger partial charge in [-0.15, -0.1) is 0 Å². The SMILES string of the molecule is CN[C@]1(n2cnc3c(N)ncnc32)C[C@H](O)[C@@H](C(O)CC=CC(N)C(=O)O)O1. The van der Waals surface area contributed by atoms with Crippen LogP contribution in [0.2, 0.25) is 0 Å². The third-order valence-electron chi connectivity index (χ3n) is 4.72. The van der Waals surface area contributed by atoms with Crippen molar-refractivity contribution in [1.82, 2.24) is 24.8 Å². The number of nitrogen functional groups attached to an aromatic ring is 1. The van der Waals surface area contributed by atoms with E-state index < -0.39 is 36.2 Å². The fraction of sp³-hybridized carbons (Fsp3) is 0.500. The highest BCUT2D eigenvalue weighted by molar-refractivity contribution is 5.81. The molecule has 1 aliphatic heterocycles. The molecule has 0 aromatic carbocycles. The van der Waals surface area contributed by atoms with E-state index in [1.54, 1.807) is 11.6 Å². The zero-order chi connectivity index (χ0) is 20.5. The van der Waals surface area contributed by atoms with Crippen LogP contribution in [0.25, 0.3) is 11.2 Å². The van der Waals surface area contributed by atoms with Crippen molar-refractivity contribution in [2.24, 2.45) is 5.73 Å². The quantitative estimate of drug-likeness (QED) is 0.288. The Morgan fingerprint density at radius 3 is 2.96 bits per heavy atom. The number of aliphatic hydroxyl groups excluding tert-OH is 2. The molecule has 152 valence electrons. The molecule has 0 aliphatic carbocycles. The fourth-order valence-corrected chi connectivity index (χ4v) is 3.22. The van der Waals surface area contributed by atoms with Gasteiger partial charge in [0.05, 0.1) is 12.2 Å². The molecular formula is C16H23N7O5. The second-order valence-corrected chi connectivity index (χ2v) is 6.53. The van der Waals surface area contributed by atoms with E-state index in [1.165, 1.54) is 24.8 Å².